The van der Waals surface area contributed by atoms with Crippen molar-refractivity contribution in [2.75, 3.05) is 14.2 Å². The van der Waals surface area contributed by atoms with Gasteiger partial charge in [0, 0.05) is 16.6 Å². The van der Waals surface area contributed by atoms with Gasteiger partial charge in [-0.25, -0.2) is 0 Å². The number of hydrogen-bond donors (Lipinski definition) is 1. The molecule has 1 heterocycles. The molecule has 100 valence electrons. The number of aromatic nitrogens is 1. The number of methoxy groups -OCH3 is 2. The Morgan fingerprint density at radius 1 is 1.37 bits per heavy atom. The fraction of sp³-hybridized carbons (Fsp3) is 0.400. The molecule has 1 aromatic heterocycles. The SMILES string of the molecule is COC(=O)C1CCCc2c1[nH]c1ccc(OC)cc21. The largest absolute Gasteiger partial charge is 0.497 e. The van der Waals surface area contributed by atoms with Crippen LogP contribution in [0.25, 0.3) is 10.9 Å². The van der Waals surface area contributed by atoms with Gasteiger partial charge in [-0.1, -0.05) is 0 Å². The lowest BCUT2D eigenvalue weighted by Gasteiger charge is -2.20. The summed E-state index contributed by atoms with van der Waals surface area (Å²) in [4.78, 5) is 15.2. The van der Waals surface area contributed by atoms with Gasteiger partial charge in [0.2, 0.25) is 0 Å². The molecule has 1 aliphatic rings. The monoisotopic (exact) mass is 259 g/mol. The standard InChI is InChI=1S/C15H17NO3/c1-18-9-6-7-13-12(8-9)10-4-3-5-11(14(10)16-13)15(17)19-2/h6-8,11,16H,3-5H2,1-2H3. The molecule has 2 aromatic rings. The van der Waals surface area contributed by atoms with Crippen LogP contribution in [0.15, 0.2) is 18.2 Å². The van der Waals surface area contributed by atoms with E-state index in [4.69, 9.17) is 9.47 Å². The second-order valence-corrected chi connectivity index (χ2v) is 4.90. The highest BCUT2D eigenvalue weighted by Gasteiger charge is 2.30. The summed E-state index contributed by atoms with van der Waals surface area (Å²) in [5.74, 6) is 0.529. The quantitative estimate of drug-likeness (QED) is 0.844. The number of H-pyrrole nitrogens is 1. The molecule has 0 bridgehead atoms. The third kappa shape index (κ3) is 1.87. The van der Waals surface area contributed by atoms with Crippen LogP contribution >= 0.6 is 0 Å². The predicted molar refractivity (Wildman–Crippen MR) is 72.5 cm³/mol. The summed E-state index contributed by atoms with van der Waals surface area (Å²) in [6.07, 6.45) is 2.86. The number of fused-ring (bicyclic) bond motifs is 3. The molecule has 19 heavy (non-hydrogen) atoms. The highest BCUT2D eigenvalue weighted by molar-refractivity contribution is 5.89. The Morgan fingerprint density at radius 3 is 2.95 bits per heavy atom. The van der Waals surface area contributed by atoms with Crippen molar-refractivity contribution >= 4 is 16.9 Å². The number of aromatic amines is 1. The van der Waals surface area contributed by atoms with Crippen molar-refractivity contribution in [2.45, 2.75) is 25.2 Å². The van der Waals surface area contributed by atoms with Gasteiger partial charge in [0.1, 0.15) is 5.75 Å². The van der Waals surface area contributed by atoms with E-state index in [-0.39, 0.29) is 11.9 Å². The highest BCUT2D eigenvalue weighted by atomic mass is 16.5. The van der Waals surface area contributed by atoms with E-state index >= 15 is 0 Å². The molecule has 0 spiro atoms. The van der Waals surface area contributed by atoms with E-state index in [0.717, 1.165) is 41.6 Å². The van der Waals surface area contributed by atoms with Crippen LogP contribution in [0, 0.1) is 0 Å². The van der Waals surface area contributed by atoms with Crippen LogP contribution < -0.4 is 4.74 Å². The first-order chi connectivity index (χ1) is 9.24. The average molecular weight is 259 g/mol. The van der Waals surface area contributed by atoms with Crippen LogP contribution in [0.1, 0.15) is 30.0 Å². The van der Waals surface area contributed by atoms with E-state index in [0.29, 0.717) is 0 Å². The van der Waals surface area contributed by atoms with Crippen LogP contribution in [0.5, 0.6) is 5.75 Å². The fourth-order valence-electron chi connectivity index (χ4n) is 2.95. The Labute approximate surface area is 111 Å². The molecule has 4 nitrogen and oxygen atoms in total. The van der Waals surface area contributed by atoms with Gasteiger partial charge in [0.15, 0.2) is 0 Å². The second kappa shape index (κ2) is 4.61. The third-order valence-electron chi connectivity index (χ3n) is 3.90. The molecular formula is C15H17NO3. The summed E-state index contributed by atoms with van der Waals surface area (Å²) in [5, 5.41) is 1.16. The van der Waals surface area contributed by atoms with Gasteiger partial charge in [-0.05, 0) is 43.0 Å². The topological polar surface area (TPSA) is 51.3 Å². The summed E-state index contributed by atoms with van der Waals surface area (Å²) in [6.45, 7) is 0. The maximum atomic E-state index is 11.9. The van der Waals surface area contributed by atoms with E-state index in [1.807, 2.05) is 18.2 Å². The van der Waals surface area contributed by atoms with Crippen LogP contribution in [-0.4, -0.2) is 25.2 Å². The lowest BCUT2D eigenvalue weighted by Crippen LogP contribution is -2.19. The number of esters is 1. The van der Waals surface area contributed by atoms with Crippen molar-refractivity contribution in [2.24, 2.45) is 0 Å². The number of hydrogen-bond acceptors (Lipinski definition) is 3. The van der Waals surface area contributed by atoms with Crippen molar-refractivity contribution in [1.29, 1.82) is 0 Å². The van der Waals surface area contributed by atoms with Gasteiger partial charge in [-0.15, -0.1) is 0 Å². The van der Waals surface area contributed by atoms with Gasteiger partial charge in [-0.2, -0.15) is 0 Å². The number of rotatable bonds is 2. The lowest BCUT2D eigenvalue weighted by molar-refractivity contribution is -0.142. The minimum Gasteiger partial charge on any atom is -0.497 e. The Balaban J connectivity index is 2.15. The molecule has 0 fully saturated rings. The molecular weight excluding hydrogens is 242 g/mol. The fourth-order valence-corrected chi connectivity index (χ4v) is 2.95. The molecule has 3 rings (SSSR count). The van der Waals surface area contributed by atoms with Crippen molar-refractivity contribution in [3.63, 3.8) is 0 Å². The highest BCUT2D eigenvalue weighted by Crippen LogP contribution is 2.37. The molecule has 1 aliphatic carbocycles. The van der Waals surface area contributed by atoms with Gasteiger partial charge in [0.05, 0.1) is 20.1 Å². The second-order valence-electron chi connectivity index (χ2n) is 4.90. The van der Waals surface area contributed by atoms with Gasteiger partial charge in [-0.3, -0.25) is 4.79 Å². The van der Waals surface area contributed by atoms with E-state index in [9.17, 15) is 4.79 Å². The lowest BCUT2D eigenvalue weighted by atomic mass is 9.87. The normalized spacial score (nSPS) is 18.1. The zero-order valence-electron chi connectivity index (χ0n) is 11.2. The van der Waals surface area contributed by atoms with Crippen molar-refractivity contribution in [1.82, 2.24) is 4.98 Å². The predicted octanol–water partition coefficient (Wildman–Crippen LogP) is 2.77. The number of aryl methyl sites for hydroxylation is 1. The Hall–Kier alpha value is -1.97. The number of carbonyl (C=O) groups excluding carboxylic acids is 1. The van der Waals surface area contributed by atoms with Gasteiger partial charge < -0.3 is 14.5 Å². The van der Waals surface area contributed by atoms with E-state index in [1.54, 1.807) is 7.11 Å². The maximum Gasteiger partial charge on any atom is 0.314 e. The summed E-state index contributed by atoms with van der Waals surface area (Å²) in [7, 11) is 3.11. The number of benzene rings is 1. The van der Waals surface area contributed by atoms with Crippen molar-refractivity contribution in [3.8, 4) is 5.75 Å². The molecule has 1 aromatic carbocycles. The third-order valence-corrected chi connectivity index (χ3v) is 3.90. The summed E-state index contributed by atoms with van der Waals surface area (Å²) in [6, 6.07) is 5.96. The Morgan fingerprint density at radius 2 is 2.21 bits per heavy atom. The minimum absolute atomic E-state index is 0.153. The van der Waals surface area contributed by atoms with E-state index in [1.165, 1.54) is 12.7 Å². The average Bonchev–Trinajstić information content (AvgIpc) is 2.83. The van der Waals surface area contributed by atoms with Crippen LogP contribution in [-0.2, 0) is 16.0 Å². The number of carbonyl (C=O) groups is 1. The summed E-state index contributed by atoms with van der Waals surface area (Å²) in [5.41, 5.74) is 3.30. The molecule has 1 N–H and O–H groups in total. The van der Waals surface area contributed by atoms with Gasteiger partial charge in [0.25, 0.3) is 0 Å². The van der Waals surface area contributed by atoms with Gasteiger partial charge >= 0.3 is 5.97 Å². The molecule has 4 heteroatoms. The zero-order valence-corrected chi connectivity index (χ0v) is 11.2. The molecule has 0 saturated carbocycles. The molecule has 1 unspecified atom stereocenters. The first-order valence-corrected chi connectivity index (χ1v) is 6.51. The number of nitrogens with one attached hydrogen (secondary N) is 1. The smallest absolute Gasteiger partial charge is 0.314 e. The summed E-state index contributed by atoms with van der Waals surface area (Å²) < 4.78 is 10.2. The molecule has 0 amide bonds. The van der Waals surface area contributed by atoms with Crippen molar-refractivity contribution < 1.29 is 14.3 Å². The molecule has 0 aliphatic heterocycles. The minimum atomic E-state index is -0.160. The zero-order chi connectivity index (χ0) is 13.4. The Bertz CT molecular complexity index is 630. The first-order valence-electron chi connectivity index (χ1n) is 6.51. The van der Waals surface area contributed by atoms with Crippen LogP contribution in [0.3, 0.4) is 0 Å². The van der Waals surface area contributed by atoms with Crippen LogP contribution in [0.2, 0.25) is 0 Å². The van der Waals surface area contributed by atoms with E-state index in [2.05, 4.69) is 4.98 Å². The number of ether oxygens (including phenoxy) is 2. The maximum absolute atomic E-state index is 11.9. The molecule has 1 atom stereocenters. The van der Waals surface area contributed by atoms with Crippen molar-refractivity contribution in [3.05, 3.63) is 29.5 Å². The first kappa shape index (κ1) is 12.1. The molecule has 0 saturated heterocycles. The van der Waals surface area contributed by atoms with E-state index < -0.39 is 0 Å². The molecule has 0 radical (unpaired) electrons. The summed E-state index contributed by atoms with van der Waals surface area (Å²) >= 11 is 0. The Kier molecular flexibility index (Phi) is 2.93. The van der Waals surface area contributed by atoms with Crippen LogP contribution in [0.4, 0.5) is 0 Å².